The predicted octanol–water partition coefficient (Wildman–Crippen LogP) is 4.60. The highest BCUT2D eigenvalue weighted by molar-refractivity contribution is 6.14. The second kappa shape index (κ2) is 9.68. The van der Waals surface area contributed by atoms with Gasteiger partial charge in [0.25, 0.3) is 0 Å². The number of methoxy groups -OCH3 is 4. The summed E-state index contributed by atoms with van der Waals surface area (Å²) in [7, 11) is 5.83. The normalized spacial score (nSPS) is 18.7. The molecule has 1 unspecified atom stereocenters. The Labute approximate surface area is 187 Å². The number of aromatic hydroxyl groups is 2. The van der Waals surface area contributed by atoms with Crippen LogP contribution in [0.5, 0.6) is 34.5 Å². The highest BCUT2D eigenvalue weighted by atomic mass is 16.5. The third-order valence-electron chi connectivity index (χ3n) is 5.60. The van der Waals surface area contributed by atoms with Gasteiger partial charge in [-0.25, -0.2) is 0 Å². The topological polar surface area (TPSA) is 94.5 Å². The molecule has 0 radical (unpaired) electrons. The first-order chi connectivity index (χ1) is 15.3. The molecule has 0 aromatic heterocycles. The molecular weight excluding hydrogens is 412 g/mol. The van der Waals surface area contributed by atoms with Gasteiger partial charge in [0.05, 0.1) is 28.4 Å². The fourth-order valence-electron chi connectivity index (χ4n) is 3.77. The number of hydrogen-bond donors (Lipinski definition) is 2. The molecule has 170 valence electrons. The summed E-state index contributed by atoms with van der Waals surface area (Å²) < 4.78 is 20.9. The van der Waals surface area contributed by atoms with Crippen LogP contribution in [0, 0.1) is 5.92 Å². The fraction of sp³-hybridized carbons (Fsp3) is 0.320. The molecule has 0 amide bonds. The Morgan fingerprint density at radius 3 is 1.59 bits per heavy atom. The molecule has 2 aromatic rings. The van der Waals surface area contributed by atoms with E-state index in [1.807, 2.05) is 13.0 Å². The zero-order valence-electron chi connectivity index (χ0n) is 18.9. The Kier molecular flexibility index (Phi) is 6.98. The summed E-state index contributed by atoms with van der Waals surface area (Å²) in [5.74, 6) is 0.915. The van der Waals surface area contributed by atoms with Crippen molar-refractivity contribution >= 4 is 17.9 Å². The lowest BCUT2D eigenvalue weighted by molar-refractivity contribution is -0.113. The van der Waals surface area contributed by atoms with Gasteiger partial charge in [0.15, 0.2) is 28.8 Å². The quantitative estimate of drug-likeness (QED) is 0.634. The summed E-state index contributed by atoms with van der Waals surface area (Å²) in [6, 6.07) is 6.65. The van der Waals surface area contributed by atoms with Gasteiger partial charge < -0.3 is 29.2 Å². The molecule has 1 atom stereocenters. The van der Waals surface area contributed by atoms with E-state index in [9.17, 15) is 15.0 Å². The highest BCUT2D eigenvalue weighted by Gasteiger charge is 2.27. The Morgan fingerprint density at radius 2 is 1.19 bits per heavy atom. The summed E-state index contributed by atoms with van der Waals surface area (Å²) in [5.41, 5.74) is 2.71. The molecule has 0 saturated heterocycles. The first kappa shape index (κ1) is 23.1. The lowest BCUT2D eigenvalue weighted by Crippen LogP contribution is -2.19. The van der Waals surface area contributed by atoms with Crippen molar-refractivity contribution in [2.24, 2.45) is 5.92 Å². The van der Waals surface area contributed by atoms with Gasteiger partial charge in [-0.1, -0.05) is 6.92 Å². The van der Waals surface area contributed by atoms with Gasteiger partial charge in [-0.2, -0.15) is 0 Å². The third-order valence-corrected chi connectivity index (χ3v) is 5.60. The number of rotatable bonds is 6. The molecular formula is C25H28O7. The van der Waals surface area contributed by atoms with Gasteiger partial charge in [-0.15, -0.1) is 0 Å². The number of hydrogen-bond acceptors (Lipinski definition) is 7. The maximum Gasteiger partial charge on any atom is 0.200 e. The minimum absolute atomic E-state index is 0.0548. The Morgan fingerprint density at radius 1 is 0.781 bits per heavy atom. The molecule has 7 nitrogen and oxygen atoms in total. The predicted molar refractivity (Wildman–Crippen MR) is 122 cm³/mol. The van der Waals surface area contributed by atoms with Crippen molar-refractivity contribution < 1.29 is 34.0 Å². The highest BCUT2D eigenvalue weighted by Crippen LogP contribution is 2.41. The van der Waals surface area contributed by atoms with Crippen LogP contribution in [0.25, 0.3) is 12.2 Å². The number of ketones is 1. The number of Topliss-reactive ketones (excluding diaryl/α,β-unsaturated/α-hetero) is 1. The van der Waals surface area contributed by atoms with Crippen LogP contribution in [-0.4, -0.2) is 44.4 Å². The molecule has 3 rings (SSSR count). The Hall–Kier alpha value is -3.61. The fourth-order valence-corrected chi connectivity index (χ4v) is 3.77. The van der Waals surface area contributed by atoms with Crippen molar-refractivity contribution in [2.45, 2.75) is 19.8 Å². The smallest absolute Gasteiger partial charge is 0.200 e. The molecule has 0 heterocycles. The minimum atomic E-state index is -0.0871. The first-order valence-electron chi connectivity index (χ1n) is 10.2. The maximum absolute atomic E-state index is 13.3. The summed E-state index contributed by atoms with van der Waals surface area (Å²) >= 11 is 0. The average molecular weight is 440 g/mol. The van der Waals surface area contributed by atoms with E-state index < -0.39 is 0 Å². The van der Waals surface area contributed by atoms with Crippen molar-refractivity contribution in [1.29, 1.82) is 0 Å². The van der Waals surface area contributed by atoms with E-state index in [4.69, 9.17) is 18.9 Å². The van der Waals surface area contributed by atoms with Crippen LogP contribution >= 0.6 is 0 Å². The number of carbonyl (C=O) groups excluding carboxylic acids is 1. The van der Waals surface area contributed by atoms with Crippen LogP contribution in [0.4, 0.5) is 0 Å². The molecule has 1 aliphatic carbocycles. The van der Waals surface area contributed by atoms with Crippen molar-refractivity contribution in [3.05, 3.63) is 46.5 Å². The molecule has 7 heteroatoms. The molecule has 1 saturated carbocycles. The van der Waals surface area contributed by atoms with E-state index in [1.54, 1.807) is 30.3 Å². The number of ether oxygens (including phenoxy) is 4. The lowest BCUT2D eigenvalue weighted by Gasteiger charge is -2.23. The van der Waals surface area contributed by atoms with Crippen LogP contribution in [-0.2, 0) is 4.79 Å². The SMILES string of the molecule is COc1cc(/C=C2\CCC(C)/C(=C\c3cc(OC)c(O)c(OC)c3)C2=O)cc(OC)c1O. The Balaban J connectivity index is 2.02. The van der Waals surface area contributed by atoms with Gasteiger partial charge in [0.1, 0.15) is 0 Å². The monoisotopic (exact) mass is 440 g/mol. The van der Waals surface area contributed by atoms with Crippen molar-refractivity contribution in [3.8, 4) is 34.5 Å². The average Bonchev–Trinajstić information content (AvgIpc) is 2.80. The lowest BCUT2D eigenvalue weighted by atomic mass is 9.80. The van der Waals surface area contributed by atoms with Gasteiger partial charge >= 0.3 is 0 Å². The van der Waals surface area contributed by atoms with Crippen LogP contribution in [0.3, 0.4) is 0 Å². The summed E-state index contributed by atoms with van der Waals surface area (Å²) in [5, 5.41) is 20.3. The molecule has 32 heavy (non-hydrogen) atoms. The van der Waals surface area contributed by atoms with Gasteiger partial charge in [-0.3, -0.25) is 4.79 Å². The number of benzene rings is 2. The molecule has 0 aliphatic heterocycles. The number of phenolic OH excluding ortho intramolecular Hbond substituents is 2. The van der Waals surface area contributed by atoms with Gasteiger partial charge in [-0.05, 0) is 66.3 Å². The van der Waals surface area contributed by atoms with E-state index in [1.165, 1.54) is 28.4 Å². The summed E-state index contributed by atoms with van der Waals surface area (Å²) in [6.45, 7) is 2.02. The van der Waals surface area contributed by atoms with E-state index in [0.717, 1.165) is 6.42 Å². The standard InChI is InChI=1S/C25H28O7/c1-14-6-7-17(8-15-10-19(29-2)24(27)20(11-15)30-3)23(26)18(14)9-16-12-21(31-4)25(28)22(13-16)32-5/h8-14,27-28H,6-7H2,1-5H3/b17-8+,18-9+. The largest absolute Gasteiger partial charge is 0.502 e. The maximum atomic E-state index is 13.3. The van der Waals surface area contributed by atoms with Crippen LogP contribution in [0.1, 0.15) is 30.9 Å². The number of allylic oxidation sites excluding steroid dienone is 2. The zero-order chi connectivity index (χ0) is 23.4. The van der Waals surface area contributed by atoms with Crippen LogP contribution in [0.15, 0.2) is 35.4 Å². The van der Waals surface area contributed by atoms with Crippen LogP contribution in [0.2, 0.25) is 0 Å². The van der Waals surface area contributed by atoms with Crippen molar-refractivity contribution in [3.63, 3.8) is 0 Å². The molecule has 2 N–H and O–H groups in total. The minimum Gasteiger partial charge on any atom is -0.502 e. The summed E-state index contributed by atoms with van der Waals surface area (Å²) in [6.07, 6.45) is 5.04. The molecule has 1 fully saturated rings. The van der Waals surface area contributed by atoms with Gasteiger partial charge in [0.2, 0.25) is 11.5 Å². The van der Waals surface area contributed by atoms with Crippen LogP contribution < -0.4 is 18.9 Å². The Bertz CT molecular complexity index is 1030. The first-order valence-corrected chi connectivity index (χ1v) is 10.2. The van der Waals surface area contributed by atoms with E-state index in [0.29, 0.717) is 28.7 Å². The molecule has 0 bridgehead atoms. The molecule has 1 aliphatic rings. The second-order valence-electron chi connectivity index (χ2n) is 7.59. The number of carbonyl (C=O) groups is 1. The van der Waals surface area contributed by atoms with E-state index in [2.05, 4.69) is 0 Å². The van der Waals surface area contributed by atoms with Crippen molar-refractivity contribution in [2.75, 3.05) is 28.4 Å². The second-order valence-corrected chi connectivity index (χ2v) is 7.59. The molecule has 0 spiro atoms. The van der Waals surface area contributed by atoms with Crippen molar-refractivity contribution in [1.82, 2.24) is 0 Å². The van der Waals surface area contributed by atoms with E-state index in [-0.39, 0.29) is 46.2 Å². The summed E-state index contributed by atoms with van der Waals surface area (Å²) in [4.78, 5) is 13.3. The zero-order valence-corrected chi connectivity index (χ0v) is 18.9. The molecule has 2 aromatic carbocycles. The number of phenols is 2. The van der Waals surface area contributed by atoms with Gasteiger partial charge in [0, 0.05) is 11.1 Å². The van der Waals surface area contributed by atoms with E-state index >= 15 is 0 Å². The third kappa shape index (κ3) is 4.51.